The minimum Gasteiger partial charge on any atom is -0.374 e. The summed E-state index contributed by atoms with van der Waals surface area (Å²) < 4.78 is 6.16. The number of rotatable bonds is 8. The molecule has 0 saturated heterocycles. The van der Waals surface area contributed by atoms with Crippen LogP contribution in [0.25, 0.3) is 10.4 Å². The van der Waals surface area contributed by atoms with Gasteiger partial charge in [0.2, 0.25) is 5.91 Å². The van der Waals surface area contributed by atoms with E-state index < -0.39 is 6.04 Å². The molecule has 0 radical (unpaired) electrons. The average Bonchev–Trinajstić information content (AvgIpc) is 3.16. The molecule has 1 atom stereocenters. The predicted molar refractivity (Wildman–Crippen MR) is 111 cm³/mol. The molecule has 146 valence electrons. The van der Waals surface area contributed by atoms with Gasteiger partial charge in [-0.1, -0.05) is 68.2 Å². The van der Waals surface area contributed by atoms with Gasteiger partial charge in [0.25, 0.3) is 0 Å². The largest absolute Gasteiger partial charge is 0.374 e. The van der Waals surface area contributed by atoms with Gasteiger partial charge in [0.1, 0.15) is 0 Å². The van der Waals surface area contributed by atoms with Crippen LogP contribution in [-0.4, -0.2) is 23.0 Å². The van der Waals surface area contributed by atoms with Crippen molar-refractivity contribution < 1.29 is 9.53 Å². The lowest BCUT2D eigenvalue weighted by molar-refractivity contribution is -0.117. The van der Waals surface area contributed by atoms with Crippen molar-refractivity contribution in [3.8, 4) is 10.4 Å². The van der Waals surface area contributed by atoms with Gasteiger partial charge in [-0.2, -0.15) is 0 Å². The molecule has 3 N–H and O–H groups in total. The zero-order chi connectivity index (χ0) is 19.1. The monoisotopic (exact) mass is 387 g/mol. The molecule has 1 fully saturated rings. The van der Waals surface area contributed by atoms with E-state index in [4.69, 9.17) is 10.5 Å². The van der Waals surface area contributed by atoms with Crippen molar-refractivity contribution >= 4 is 22.4 Å². The Hall–Kier alpha value is -1.76. The minimum absolute atomic E-state index is 0.174. The quantitative estimate of drug-likeness (QED) is 0.687. The van der Waals surface area contributed by atoms with Crippen molar-refractivity contribution in [2.75, 3.05) is 5.32 Å². The number of ether oxygens (including phenoxy) is 1. The average molecular weight is 388 g/mol. The van der Waals surface area contributed by atoms with Gasteiger partial charge >= 0.3 is 0 Å². The minimum atomic E-state index is -0.487. The van der Waals surface area contributed by atoms with Crippen LogP contribution in [0.3, 0.4) is 0 Å². The van der Waals surface area contributed by atoms with Crippen LogP contribution < -0.4 is 11.1 Å². The Labute approximate surface area is 165 Å². The molecular formula is C21H29N3O2S. The molecule has 1 aliphatic rings. The summed E-state index contributed by atoms with van der Waals surface area (Å²) in [4.78, 5) is 17.5. The van der Waals surface area contributed by atoms with E-state index in [9.17, 15) is 4.79 Å². The highest BCUT2D eigenvalue weighted by Crippen LogP contribution is 2.32. The summed E-state index contributed by atoms with van der Waals surface area (Å²) in [6.07, 6.45) is 9.93. The molecule has 1 saturated carbocycles. The van der Waals surface area contributed by atoms with E-state index in [1.807, 2.05) is 25.3 Å². The molecule has 2 aromatic rings. The second-order valence-corrected chi connectivity index (χ2v) is 8.17. The number of benzene rings is 1. The molecule has 0 bridgehead atoms. The van der Waals surface area contributed by atoms with Crippen LogP contribution in [-0.2, 0) is 16.1 Å². The van der Waals surface area contributed by atoms with E-state index in [1.165, 1.54) is 30.6 Å². The van der Waals surface area contributed by atoms with Gasteiger partial charge in [-0.3, -0.25) is 4.79 Å². The van der Waals surface area contributed by atoms with E-state index in [-0.39, 0.29) is 5.91 Å². The lowest BCUT2D eigenvalue weighted by atomic mass is 9.97. The Bertz CT molecular complexity index is 741. The Kier molecular flexibility index (Phi) is 7.38. The Morgan fingerprint density at radius 2 is 2.11 bits per heavy atom. The van der Waals surface area contributed by atoms with E-state index in [1.54, 1.807) is 0 Å². The Morgan fingerprint density at radius 3 is 2.89 bits per heavy atom. The van der Waals surface area contributed by atoms with Gasteiger partial charge < -0.3 is 15.8 Å². The third-order valence-electron chi connectivity index (χ3n) is 4.98. The third kappa shape index (κ3) is 5.61. The molecule has 0 aliphatic heterocycles. The fourth-order valence-electron chi connectivity index (χ4n) is 3.42. The second-order valence-electron chi connectivity index (χ2n) is 7.14. The van der Waals surface area contributed by atoms with Crippen LogP contribution in [0.1, 0.15) is 57.4 Å². The zero-order valence-corrected chi connectivity index (χ0v) is 16.8. The summed E-state index contributed by atoms with van der Waals surface area (Å²) in [5, 5.41) is 3.42. The van der Waals surface area contributed by atoms with Crippen molar-refractivity contribution in [1.82, 2.24) is 4.98 Å². The van der Waals surface area contributed by atoms with Crippen molar-refractivity contribution in [2.45, 2.75) is 70.6 Å². The van der Waals surface area contributed by atoms with Gasteiger partial charge in [0, 0.05) is 6.20 Å². The first kappa shape index (κ1) is 20.0. The van der Waals surface area contributed by atoms with Gasteiger partial charge in [-0.15, -0.1) is 0 Å². The molecule has 3 rings (SSSR count). The van der Waals surface area contributed by atoms with E-state index >= 15 is 0 Å². The summed E-state index contributed by atoms with van der Waals surface area (Å²) in [6, 6.07) is 7.76. The first-order chi connectivity index (χ1) is 13.2. The topological polar surface area (TPSA) is 77.2 Å². The normalized spacial score (nSPS) is 16.2. The maximum Gasteiger partial charge on any atom is 0.243 e. The van der Waals surface area contributed by atoms with Gasteiger partial charge in [0.05, 0.1) is 23.6 Å². The lowest BCUT2D eigenvalue weighted by Crippen LogP contribution is -2.35. The first-order valence-corrected chi connectivity index (χ1v) is 10.7. The lowest BCUT2D eigenvalue weighted by Gasteiger charge is -2.22. The molecule has 1 aromatic heterocycles. The predicted octanol–water partition coefficient (Wildman–Crippen LogP) is 4.73. The van der Waals surface area contributed by atoms with Crippen molar-refractivity contribution in [3.63, 3.8) is 0 Å². The van der Waals surface area contributed by atoms with Crippen LogP contribution in [0.4, 0.5) is 5.13 Å². The molecule has 0 unspecified atom stereocenters. The molecule has 6 heteroatoms. The Morgan fingerprint density at radius 1 is 1.33 bits per heavy atom. The fourth-order valence-corrected chi connectivity index (χ4v) is 4.30. The number of anilines is 1. The van der Waals surface area contributed by atoms with Gasteiger partial charge in [-0.05, 0) is 30.4 Å². The zero-order valence-electron chi connectivity index (χ0n) is 15.9. The number of amides is 1. The molecule has 27 heavy (non-hydrogen) atoms. The molecule has 1 aromatic carbocycles. The van der Waals surface area contributed by atoms with Crippen molar-refractivity contribution in [1.29, 1.82) is 0 Å². The first-order valence-electron chi connectivity index (χ1n) is 9.89. The molecule has 1 heterocycles. The highest BCUT2D eigenvalue weighted by atomic mass is 32.1. The summed E-state index contributed by atoms with van der Waals surface area (Å²) >= 11 is 1.47. The maximum atomic E-state index is 12.1. The van der Waals surface area contributed by atoms with E-state index in [0.717, 1.165) is 35.3 Å². The number of nitrogens with zero attached hydrogens (tertiary/aromatic N) is 1. The Balaban J connectivity index is 1.66. The highest BCUT2D eigenvalue weighted by molar-refractivity contribution is 7.19. The SMILES string of the molecule is CCC[C@H](N)C(=O)Nc1ncc(-c2ccccc2COC2CCCCC2)s1. The van der Waals surface area contributed by atoms with Crippen LogP contribution in [0.15, 0.2) is 30.5 Å². The summed E-state index contributed by atoms with van der Waals surface area (Å²) in [5.41, 5.74) is 8.15. The molecule has 0 spiro atoms. The number of nitrogens with one attached hydrogen (secondary N) is 1. The molecule has 1 aliphatic carbocycles. The third-order valence-corrected chi connectivity index (χ3v) is 5.93. The van der Waals surface area contributed by atoms with Crippen LogP contribution in [0.5, 0.6) is 0 Å². The van der Waals surface area contributed by atoms with Gasteiger partial charge in [0.15, 0.2) is 5.13 Å². The van der Waals surface area contributed by atoms with Crippen LogP contribution in [0, 0.1) is 0 Å². The van der Waals surface area contributed by atoms with E-state index in [0.29, 0.717) is 24.3 Å². The molecular weight excluding hydrogens is 358 g/mol. The number of aromatic nitrogens is 1. The number of carbonyl (C=O) groups is 1. The number of hydrogen-bond donors (Lipinski definition) is 2. The van der Waals surface area contributed by atoms with Crippen molar-refractivity contribution in [2.24, 2.45) is 5.73 Å². The molecule has 5 nitrogen and oxygen atoms in total. The smallest absolute Gasteiger partial charge is 0.243 e. The number of thiazole rings is 1. The summed E-state index contributed by atoms with van der Waals surface area (Å²) in [7, 11) is 0. The number of nitrogens with two attached hydrogens (primary N) is 1. The van der Waals surface area contributed by atoms with Crippen molar-refractivity contribution in [3.05, 3.63) is 36.0 Å². The van der Waals surface area contributed by atoms with Gasteiger partial charge in [-0.25, -0.2) is 4.98 Å². The molecule has 1 amide bonds. The maximum absolute atomic E-state index is 12.1. The fraction of sp³-hybridized carbons (Fsp3) is 0.524. The van der Waals surface area contributed by atoms with Crippen LogP contribution >= 0.6 is 11.3 Å². The summed E-state index contributed by atoms with van der Waals surface area (Å²) in [5.74, 6) is -0.174. The second kappa shape index (κ2) is 9.97. The highest BCUT2D eigenvalue weighted by Gasteiger charge is 2.17. The van der Waals surface area contributed by atoms with E-state index in [2.05, 4.69) is 22.4 Å². The van der Waals surface area contributed by atoms with Crippen LogP contribution in [0.2, 0.25) is 0 Å². The number of hydrogen-bond acceptors (Lipinski definition) is 5. The number of carbonyl (C=O) groups excluding carboxylic acids is 1. The standard InChI is InChI=1S/C21H29N3O2S/c1-2-8-18(22)20(25)24-21-23-13-19(27-21)17-12-7-6-9-15(17)14-26-16-10-4-3-5-11-16/h6-7,9,12-13,16,18H,2-5,8,10-11,14,22H2,1H3,(H,23,24,25)/t18-/m0/s1. The summed E-state index contributed by atoms with van der Waals surface area (Å²) in [6.45, 7) is 2.63.